The van der Waals surface area contributed by atoms with Crippen molar-refractivity contribution in [3.05, 3.63) is 53.6 Å². The lowest BCUT2D eigenvalue weighted by Gasteiger charge is -2.30. The maximum Gasteiger partial charge on any atom is 0.123 e. The first-order chi connectivity index (χ1) is 10.4. The van der Waals surface area contributed by atoms with Crippen molar-refractivity contribution >= 4 is 0 Å². The third-order valence-corrected chi connectivity index (χ3v) is 4.63. The van der Waals surface area contributed by atoms with E-state index in [9.17, 15) is 0 Å². The van der Waals surface area contributed by atoms with Gasteiger partial charge in [-0.2, -0.15) is 0 Å². The minimum atomic E-state index is 0.823. The van der Waals surface area contributed by atoms with Gasteiger partial charge in [0, 0.05) is 18.5 Å². The monoisotopic (exact) mass is 279 g/mol. The van der Waals surface area contributed by atoms with Gasteiger partial charge in [-0.3, -0.25) is 0 Å². The van der Waals surface area contributed by atoms with Gasteiger partial charge in [0.05, 0.1) is 6.61 Å². The molecule has 1 fully saturated rings. The van der Waals surface area contributed by atoms with Gasteiger partial charge < -0.3 is 9.64 Å². The topological polar surface area (TPSA) is 12.5 Å². The van der Waals surface area contributed by atoms with E-state index in [2.05, 4.69) is 47.4 Å². The van der Waals surface area contributed by atoms with E-state index in [4.69, 9.17) is 4.74 Å². The normalized spacial score (nSPS) is 16.2. The fourth-order valence-corrected chi connectivity index (χ4v) is 3.34. The highest BCUT2D eigenvalue weighted by molar-refractivity contribution is 5.78. The highest BCUT2D eigenvalue weighted by atomic mass is 16.5. The molecular formula is C19H21NO. The van der Waals surface area contributed by atoms with E-state index in [1.165, 1.54) is 48.3 Å². The lowest BCUT2D eigenvalue weighted by Crippen LogP contribution is -2.38. The van der Waals surface area contributed by atoms with E-state index in [-0.39, 0.29) is 0 Å². The van der Waals surface area contributed by atoms with Crippen molar-refractivity contribution in [1.29, 1.82) is 0 Å². The van der Waals surface area contributed by atoms with Crippen LogP contribution in [0.2, 0.25) is 0 Å². The SMILES string of the molecule is c1ccc2c(c1)Cc1c(OCCCN3CCC3)cccc1-2. The first kappa shape index (κ1) is 12.9. The average molecular weight is 279 g/mol. The van der Waals surface area contributed by atoms with Crippen molar-refractivity contribution in [2.75, 3.05) is 26.2 Å². The summed E-state index contributed by atoms with van der Waals surface area (Å²) in [6.45, 7) is 4.55. The van der Waals surface area contributed by atoms with Crippen LogP contribution in [-0.4, -0.2) is 31.1 Å². The Labute approximate surface area is 126 Å². The van der Waals surface area contributed by atoms with Crippen LogP contribution in [0, 0.1) is 0 Å². The third kappa shape index (κ3) is 2.44. The molecule has 2 aromatic rings. The summed E-state index contributed by atoms with van der Waals surface area (Å²) in [6, 6.07) is 15.1. The number of hydrogen-bond donors (Lipinski definition) is 0. The Balaban J connectivity index is 1.45. The smallest absolute Gasteiger partial charge is 0.123 e. The van der Waals surface area contributed by atoms with Crippen LogP contribution in [0.5, 0.6) is 5.75 Å². The number of hydrogen-bond acceptors (Lipinski definition) is 2. The van der Waals surface area contributed by atoms with Gasteiger partial charge >= 0.3 is 0 Å². The Hall–Kier alpha value is -1.80. The summed E-state index contributed by atoms with van der Waals surface area (Å²) in [4.78, 5) is 2.49. The van der Waals surface area contributed by atoms with E-state index < -0.39 is 0 Å². The molecule has 0 aromatic heterocycles. The summed E-state index contributed by atoms with van der Waals surface area (Å²) in [5, 5.41) is 0. The van der Waals surface area contributed by atoms with Crippen molar-refractivity contribution in [3.8, 4) is 16.9 Å². The fraction of sp³-hybridized carbons (Fsp3) is 0.368. The molecule has 0 N–H and O–H groups in total. The van der Waals surface area contributed by atoms with Crippen LogP contribution >= 0.6 is 0 Å². The first-order valence-electron chi connectivity index (χ1n) is 7.97. The van der Waals surface area contributed by atoms with Crippen LogP contribution in [0.15, 0.2) is 42.5 Å². The second-order valence-electron chi connectivity index (χ2n) is 6.01. The molecule has 1 aliphatic carbocycles. The molecule has 0 atom stereocenters. The number of nitrogens with zero attached hydrogens (tertiary/aromatic N) is 1. The van der Waals surface area contributed by atoms with Crippen LogP contribution < -0.4 is 4.74 Å². The Morgan fingerprint density at radius 2 is 1.81 bits per heavy atom. The molecule has 0 spiro atoms. The Morgan fingerprint density at radius 3 is 2.67 bits per heavy atom. The van der Waals surface area contributed by atoms with Gasteiger partial charge in [0.1, 0.15) is 5.75 Å². The maximum atomic E-state index is 6.07. The van der Waals surface area contributed by atoms with E-state index >= 15 is 0 Å². The zero-order valence-corrected chi connectivity index (χ0v) is 12.3. The minimum Gasteiger partial charge on any atom is -0.493 e. The molecule has 0 bridgehead atoms. The summed E-state index contributed by atoms with van der Waals surface area (Å²) in [5.41, 5.74) is 5.51. The van der Waals surface area contributed by atoms with Crippen molar-refractivity contribution < 1.29 is 4.74 Å². The van der Waals surface area contributed by atoms with E-state index in [0.29, 0.717) is 0 Å². The Bertz CT molecular complexity index is 646. The molecule has 2 aromatic carbocycles. The van der Waals surface area contributed by atoms with Gasteiger partial charge in [0.25, 0.3) is 0 Å². The van der Waals surface area contributed by atoms with E-state index in [1.807, 2.05) is 0 Å². The van der Waals surface area contributed by atoms with Crippen LogP contribution in [-0.2, 0) is 6.42 Å². The molecule has 2 nitrogen and oxygen atoms in total. The number of likely N-dealkylation sites (tertiary alicyclic amines) is 1. The summed E-state index contributed by atoms with van der Waals surface area (Å²) in [6.07, 6.45) is 3.50. The third-order valence-electron chi connectivity index (χ3n) is 4.63. The first-order valence-corrected chi connectivity index (χ1v) is 7.97. The van der Waals surface area contributed by atoms with Crippen LogP contribution in [0.1, 0.15) is 24.0 Å². The molecule has 0 unspecified atom stereocenters. The van der Waals surface area contributed by atoms with Crippen molar-refractivity contribution in [2.24, 2.45) is 0 Å². The number of fused-ring (bicyclic) bond motifs is 3. The number of benzene rings is 2. The molecule has 0 radical (unpaired) electrons. The summed E-state index contributed by atoms with van der Waals surface area (Å²) < 4.78 is 6.07. The number of ether oxygens (including phenoxy) is 1. The van der Waals surface area contributed by atoms with Crippen molar-refractivity contribution in [2.45, 2.75) is 19.3 Å². The quantitative estimate of drug-likeness (QED) is 0.660. The van der Waals surface area contributed by atoms with Crippen molar-refractivity contribution in [3.63, 3.8) is 0 Å². The van der Waals surface area contributed by atoms with Gasteiger partial charge in [0.15, 0.2) is 0 Å². The molecule has 108 valence electrons. The summed E-state index contributed by atoms with van der Waals surface area (Å²) in [7, 11) is 0. The van der Waals surface area contributed by atoms with Gasteiger partial charge in [-0.1, -0.05) is 36.4 Å². The van der Waals surface area contributed by atoms with E-state index in [0.717, 1.165) is 25.2 Å². The van der Waals surface area contributed by atoms with Crippen molar-refractivity contribution in [1.82, 2.24) is 4.90 Å². The molecule has 2 heteroatoms. The summed E-state index contributed by atoms with van der Waals surface area (Å²) >= 11 is 0. The lowest BCUT2D eigenvalue weighted by molar-refractivity contribution is 0.165. The predicted molar refractivity (Wildman–Crippen MR) is 85.9 cm³/mol. The predicted octanol–water partition coefficient (Wildman–Crippen LogP) is 3.73. The standard InChI is InChI=1S/C19H21NO/c1-2-7-16-15(6-1)14-18-17(16)8-3-9-19(18)21-13-5-12-20-10-4-11-20/h1-3,6-9H,4-5,10-14H2. The molecule has 0 amide bonds. The molecule has 4 rings (SSSR count). The second-order valence-corrected chi connectivity index (χ2v) is 6.01. The molecular weight excluding hydrogens is 258 g/mol. The van der Waals surface area contributed by atoms with E-state index in [1.54, 1.807) is 0 Å². The fourth-order valence-electron chi connectivity index (χ4n) is 3.34. The molecule has 1 heterocycles. The zero-order chi connectivity index (χ0) is 14.1. The lowest BCUT2D eigenvalue weighted by atomic mass is 10.1. The van der Waals surface area contributed by atoms with Gasteiger partial charge in [-0.25, -0.2) is 0 Å². The average Bonchev–Trinajstić information content (AvgIpc) is 2.85. The molecule has 21 heavy (non-hydrogen) atoms. The van der Waals surface area contributed by atoms with Gasteiger partial charge in [0.2, 0.25) is 0 Å². The zero-order valence-electron chi connectivity index (χ0n) is 12.3. The minimum absolute atomic E-state index is 0.823. The highest BCUT2D eigenvalue weighted by Gasteiger charge is 2.21. The molecule has 0 saturated carbocycles. The van der Waals surface area contributed by atoms with Gasteiger partial charge in [-0.15, -0.1) is 0 Å². The highest BCUT2D eigenvalue weighted by Crippen LogP contribution is 2.40. The largest absolute Gasteiger partial charge is 0.493 e. The molecule has 1 saturated heterocycles. The molecule has 1 aliphatic heterocycles. The second kappa shape index (κ2) is 5.53. The van der Waals surface area contributed by atoms with Crippen LogP contribution in [0.3, 0.4) is 0 Å². The Morgan fingerprint density at radius 1 is 0.952 bits per heavy atom. The molecule has 2 aliphatic rings. The van der Waals surface area contributed by atoms with Crippen LogP contribution in [0.25, 0.3) is 11.1 Å². The Kier molecular flexibility index (Phi) is 3.40. The number of rotatable bonds is 5. The van der Waals surface area contributed by atoms with Gasteiger partial charge in [-0.05, 0) is 48.7 Å². The summed E-state index contributed by atoms with van der Waals surface area (Å²) in [5.74, 6) is 1.08. The van der Waals surface area contributed by atoms with Crippen LogP contribution in [0.4, 0.5) is 0 Å². The maximum absolute atomic E-state index is 6.07.